The van der Waals surface area contributed by atoms with Gasteiger partial charge in [-0.05, 0) is 12.1 Å². The minimum Gasteiger partial charge on any atom is -0.493 e. The number of carboxylic acids is 1. The Morgan fingerprint density at radius 2 is 2.00 bits per heavy atom. The fourth-order valence-corrected chi connectivity index (χ4v) is 2.28. The highest BCUT2D eigenvalue weighted by Crippen LogP contribution is 2.26. The van der Waals surface area contributed by atoms with E-state index in [-0.39, 0.29) is 19.6 Å². The second-order valence-electron chi connectivity index (χ2n) is 4.73. The zero-order chi connectivity index (χ0) is 15.4. The summed E-state index contributed by atoms with van der Waals surface area (Å²) in [5.74, 6) is -0.719. The van der Waals surface area contributed by atoms with Crippen molar-refractivity contribution in [3.05, 3.63) is 24.3 Å². The Kier molecular flexibility index (Phi) is 4.64. The first-order valence-electron chi connectivity index (χ1n) is 6.49. The fourth-order valence-electron chi connectivity index (χ4n) is 2.28. The molecule has 7 heteroatoms. The number of likely N-dealkylation sites (tertiary alicyclic amines) is 1. The number of β-amino-alcohol motifs (C(OH)–C–C–N with tert-alkyl or cyclic N) is 1. The number of para-hydroxylation sites is 2. The van der Waals surface area contributed by atoms with Crippen molar-refractivity contribution in [1.82, 2.24) is 4.90 Å². The van der Waals surface area contributed by atoms with Crippen LogP contribution in [0.25, 0.3) is 0 Å². The Labute approximate surface area is 121 Å². The highest BCUT2D eigenvalue weighted by atomic mass is 16.5. The molecule has 1 unspecified atom stereocenters. The molecule has 2 N–H and O–H groups in total. The number of aliphatic hydroxyl groups is 1. The second kappa shape index (κ2) is 6.45. The highest BCUT2D eigenvalue weighted by Gasteiger charge is 2.38. The molecule has 114 valence electrons. The smallest absolute Gasteiger partial charge is 0.326 e. The number of rotatable bonds is 5. The molecule has 7 nitrogen and oxygen atoms in total. The van der Waals surface area contributed by atoms with Gasteiger partial charge in [0.15, 0.2) is 18.1 Å². The topological polar surface area (TPSA) is 96.3 Å². The molecule has 1 saturated heterocycles. The van der Waals surface area contributed by atoms with Gasteiger partial charge in [0.1, 0.15) is 6.04 Å². The molecule has 0 saturated carbocycles. The number of methoxy groups -OCH3 is 1. The number of carbonyl (C=O) groups excluding carboxylic acids is 1. The van der Waals surface area contributed by atoms with Crippen LogP contribution in [0.3, 0.4) is 0 Å². The van der Waals surface area contributed by atoms with Gasteiger partial charge < -0.3 is 24.6 Å². The maximum atomic E-state index is 12.1. The van der Waals surface area contributed by atoms with Crippen LogP contribution in [0.2, 0.25) is 0 Å². The largest absolute Gasteiger partial charge is 0.493 e. The van der Waals surface area contributed by atoms with Crippen LogP contribution in [0.4, 0.5) is 0 Å². The van der Waals surface area contributed by atoms with Crippen molar-refractivity contribution in [2.24, 2.45) is 0 Å². The Balaban J connectivity index is 2.00. The van der Waals surface area contributed by atoms with E-state index in [0.717, 1.165) is 4.90 Å². The third-order valence-electron chi connectivity index (χ3n) is 3.30. The third kappa shape index (κ3) is 3.43. The van der Waals surface area contributed by atoms with Gasteiger partial charge in [0, 0.05) is 13.0 Å². The molecule has 21 heavy (non-hydrogen) atoms. The number of ether oxygens (including phenoxy) is 2. The van der Waals surface area contributed by atoms with Crippen LogP contribution < -0.4 is 9.47 Å². The molecule has 2 rings (SSSR count). The second-order valence-corrected chi connectivity index (χ2v) is 4.73. The molecule has 1 aromatic carbocycles. The number of carbonyl (C=O) groups is 2. The summed E-state index contributed by atoms with van der Waals surface area (Å²) in [6, 6.07) is 5.85. The Morgan fingerprint density at radius 3 is 2.62 bits per heavy atom. The van der Waals surface area contributed by atoms with Gasteiger partial charge in [-0.15, -0.1) is 0 Å². The predicted octanol–water partition coefficient (Wildman–Crippen LogP) is 0.120. The number of hydrogen-bond acceptors (Lipinski definition) is 5. The van der Waals surface area contributed by atoms with Crippen molar-refractivity contribution in [2.45, 2.75) is 18.6 Å². The minimum atomic E-state index is -1.13. The summed E-state index contributed by atoms with van der Waals surface area (Å²) in [6.07, 6.45) is -0.781. The molecule has 1 aliphatic heterocycles. The number of hydrogen-bond donors (Lipinski definition) is 2. The Morgan fingerprint density at radius 1 is 1.33 bits per heavy atom. The van der Waals surface area contributed by atoms with Crippen molar-refractivity contribution in [3.8, 4) is 11.5 Å². The standard InChI is InChI=1S/C14H17NO6/c1-20-11-4-2-3-5-12(11)21-8-13(17)15-7-9(16)6-10(15)14(18)19/h2-5,9-10,16H,6-8H2,1H3,(H,18,19)/t9?,10-/m0/s1. The van der Waals surface area contributed by atoms with E-state index in [2.05, 4.69) is 0 Å². The minimum absolute atomic E-state index is 0.00504. The van der Waals surface area contributed by atoms with Gasteiger partial charge in [-0.25, -0.2) is 4.79 Å². The molecule has 1 aliphatic rings. The lowest BCUT2D eigenvalue weighted by molar-refractivity contribution is -0.149. The van der Waals surface area contributed by atoms with Crippen molar-refractivity contribution in [2.75, 3.05) is 20.3 Å². The van der Waals surface area contributed by atoms with E-state index in [4.69, 9.17) is 14.6 Å². The van der Waals surface area contributed by atoms with Crippen molar-refractivity contribution in [3.63, 3.8) is 0 Å². The summed E-state index contributed by atoms with van der Waals surface area (Å²) in [4.78, 5) is 24.3. The summed E-state index contributed by atoms with van der Waals surface area (Å²) < 4.78 is 10.5. The van der Waals surface area contributed by atoms with Gasteiger partial charge in [0.05, 0.1) is 13.2 Å². The molecular formula is C14H17NO6. The maximum absolute atomic E-state index is 12.1. The molecule has 0 aromatic heterocycles. The van der Waals surface area contributed by atoms with Gasteiger partial charge in [-0.1, -0.05) is 12.1 Å². The molecule has 0 spiro atoms. The number of nitrogens with zero attached hydrogens (tertiary/aromatic N) is 1. The molecule has 0 radical (unpaired) electrons. The lowest BCUT2D eigenvalue weighted by Crippen LogP contribution is -2.42. The number of benzene rings is 1. The van der Waals surface area contributed by atoms with Crippen LogP contribution in [0.15, 0.2) is 24.3 Å². The van der Waals surface area contributed by atoms with Gasteiger partial charge in [-0.3, -0.25) is 4.79 Å². The first-order valence-corrected chi connectivity index (χ1v) is 6.49. The zero-order valence-electron chi connectivity index (χ0n) is 11.6. The van der Waals surface area contributed by atoms with Gasteiger partial charge in [-0.2, -0.15) is 0 Å². The van der Waals surface area contributed by atoms with Crippen LogP contribution in [0, 0.1) is 0 Å². The lowest BCUT2D eigenvalue weighted by Gasteiger charge is -2.21. The van der Waals surface area contributed by atoms with E-state index in [0.29, 0.717) is 11.5 Å². The molecule has 0 aliphatic carbocycles. The van der Waals surface area contributed by atoms with E-state index >= 15 is 0 Å². The highest BCUT2D eigenvalue weighted by molar-refractivity contribution is 5.85. The Bertz CT molecular complexity index is 532. The number of carboxylic acid groups (broad SMARTS) is 1. The van der Waals surface area contributed by atoms with E-state index < -0.39 is 24.0 Å². The molecule has 2 atom stereocenters. The van der Waals surface area contributed by atoms with Crippen molar-refractivity contribution >= 4 is 11.9 Å². The average Bonchev–Trinajstić information content (AvgIpc) is 2.87. The molecular weight excluding hydrogens is 278 g/mol. The quantitative estimate of drug-likeness (QED) is 0.801. The molecule has 1 aromatic rings. The van der Waals surface area contributed by atoms with Gasteiger partial charge >= 0.3 is 5.97 Å². The van der Waals surface area contributed by atoms with Crippen LogP contribution >= 0.6 is 0 Å². The van der Waals surface area contributed by atoms with Crippen LogP contribution in [-0.4, -0.2) is 59.4 Å². The molecule has 0 bridgehead atoms. The van der Waals surface area contributed by atoms with Gasteiger partial charge in [0.2, 0.25) is 0 Å². The molecule has 1 fully saturated rings. The van der Waals surface area contributed by atoms with Crippen LogP contribution in [-0.2, 0) is 9.59 Å². The SMILES string of the molecule is COc1ccccc1OCC(=O)N1CC(O)C[C@H]1C(=O)O. The van der Waals surface area contributed by atoms with Gasteiger partial charge in [0.25, 0.3) is 5.91 Å². The predicted molar refractivity (Wildman–Crippen MR) is 72.2 cm³/mol. The molecule has 1 amide bonds. The van der Waals surface area contributed by atoms with Crippen molar-refractivity contribution < 1.29 is 29.3 Å². The van der Waals surface area contributed by atoms with Crippen LogP contribution in [0.1, 0.15) is 6.42 Å². The lowest BCUT2D eigenvalue weighted by atomic mass is 10.2. The average molecular weight is 295 g/mol. The summed E-state index contributed by atoms with van der Waals surface area (Å²) in [5.41, 5.74) is 0. The number of aliphatic hydroxyl groups excluding tert-OH is 1. The van der Waals surface area contributed by atoms with E-state index in [1.54, 1.807) is 24.3 Å². The molecule has 1 heterocycles. The maximum Gasteiger partial charge on any atom is 0.326 e. The number of aliphatic carboxylic acids is 1. The monoisotopic (exact) mass is 295 g/mol. The normalized spacial score (nSPS) is 21.1. The summed E-state index contributed by atoms with van der Waals surface area (Å²) in [6.45, 7) is -0.304. The zero-order valence-corrected chi connectivity index (χ0v) is 11.6. The first kappa shape index (κ1) is 15.1. The van der Waals surface area contributed by atoms with Crippen molar-refractivity contribution in [1.29, 1.82) is 0 Å². The number of amides is 1. The van der Waals surface area contributed by atoms with E-state index in [1.165, 1.54) is 7.11 Å². The third-order valence-corrected chi connectivity index (χ3v) is 3.30. The van der Waals surface area contributed by atoms with Crippen LogP contribution in [0.5, 0.6) is 11.5 Å². The summed E-state index contributed by atoms with van der Waals surface area (Å²) >= 11 is 0. The Hall–Kier alpha value is -2.28. The summed E-state index contributed by atoms with van der Waals surface area (Å²) in [5, 5.41) is 18.6. The first-order chi connectivity index (χ1) is 10.0. The fraction of sp³-hybridized carbons (Fsp3) is 0.429. The van der Waals surface area contributed by atoms with E-state index in [9.17, 15) is 14.7 Å². The summed E-state index contributed by atoms with van der Waals surface area (Å²) in [7, 11) is 1.49. The van der Waals surface area contributed by atoms with E-state index in [1.807, 2.05) is 0 Å².